The maximum Gasteiger partial charge on any atom is 0.311 e. The Morgan fingerprint density at radius 2 is 1.93 bits per heavy atom. The summed E-state index contributed by atoms with van der Waals surface area (Å²) in [6.45, 7) is 4.07. The zero-order valence-electron chi connectivity index (χ0n) is 16.2. The number of aliphatic carboxylic acids is 1. The highest BCUT2D eigenvalue weighted by Gasteiger charge is 2.48. The van der Waals surface area contributed by atoms with Gasteiger partial charge in [-0.3, -0.25) is 9.59 Å². The van der Waals surface area contributed by atoms with Gasteiger partial charge in [-0.25, -0.2) is 12.7 Å². The number of likely N-dealkylation sites (tertiary alicyclic amines) is 1. The fourth-order valence-electron chi connectivity index (χ4n) is 3.29. The van der Waals surface area contributed by atoms with Gasteiger partial charge in [0.15, 0.2) is 0 Å². The summed E-state index contributed by atoms with van der Waals surface area (Å²) in [5.74, 6) is -1.30. The molecule has 1 atom stereocenters. The van der Waals surface area contributed by atoms with E-state index in [1.807, 2.05) is 13.8 Å². The van der Waals surface area contributed by atoms with Crippen molar-refractivity contribution in [2.75, 3.05) is 34.3 Å². The SMILES string of the molecule is COc1ccc(C(=O)N2CCC(C(=O)O)(C(C)C)C2)cc1S(=O)(=O)N(C)C. The van der Waals surface area contributed by atoms with Gasteiger partial charge in [-0.2, -0.15) is 0 Å². The summed E-state index contributed by atoms with van der Waals surface area (Å²) < 4.78 is 31.2. The Kier molecular flexibility index (Phi) is 5.86. The van der Waals surface area contributed by atoms with E-state index < -0.39 is 27.3 Å². The molecule has 0 spiro atoms. The van der Waals surface area contributed by atoms with Crippen LogP contribution in [-0.4, -0.2) is 68.9 Å². The fourth-order valence-corrected chi connectivity index (χ4v) is 4.36. The normalized spacial score (nSPS) is 20.3. The minimum Gasteiger partial charge on any atom is -0.495 e. The van der Waals surface area contributed by atoms with Crippen molar-refractivity contribution in [3.8, 4) is 5.75 Å². The predicted molar refractivity (Wildman–Crippen MR) is 99.3 cm³/mol. The number of carbonyl (C=O) groups excluding carboxylic acids is 1. The topological polar surface area (TPSA) is 104 Å². The van der Waals surface area contributed by atoms with Gasteiger partial charge in [0.05, 0.1) is 12.5 Å². The van der Waals surface area contributed by atoms with Crippen LogP contribution in [0.3, 0.4) is 0 Å². The number of ether oxygens (including phenoxy) is 1. The van der Waals surface area contributed by atoms with E-state index in [4.69, 9.17) is 4.74 Å². The number of methoxy groups -OCH3 is 1. The van der Waals surface area contributed by atoms with Gasteiger partial charge in [0.2, 0.25) is 10.0 Å². The van der Waals surface area contributed by atoms with E-state index in [-0.39, 0.29) is 28.7 Å². The maximum atomic E-state index is 12.9. The summed E-state index contributed by atoms with van der Waals surface area (Å²) in [7, 11) is 0.344. The molecular formula is C18H26N2O6S. The zero-order valence-corrected chi connectivity index (χ0v) is 17.0. The Morgan fingerprint density at radius 3 is 2.37 bits per heavy atom. The molecule has 0 saturated carbocycles. The first-order valence-corrected chi connectivity index (χ1v) is 10.0. The number of hydrogen-bond donors (Lipinski definition) is 1. The Hall–Kier alpha value is -2.13. The molecule has 1 saturated heterocycles. The van der Waals surface area contributed by atoms with E-state index in [0.29, 0.717) is 13.0 Å². The quantitative estimate of drug-likeness (QED) is 0.779. The lowest BCUT2D eigenvalue weighted by molar-refractivity contribution is -0.150. The van der Waals surface area contributed by atoms with Gasteiger partial charge in [-0.05, 0) is 30.5 Å². The molecule has 150 valence electrons. The van der Waals surface area contributed by atoms with Crippen LogP contribution in [0.2, 0.25) is 0 Å². The van der Waals surface area contributed by atoms with Crippen molar-refractivity contribution < 1.29 is 27.9 Å². The summed E-state index contributed by atoms with van der Waals surface area (Å²) in [5.41, 5.74) is -0.804. The third-order valence-electron chi connectivity index (χ3n) is 5.29. The van der Waals surface area contributed by atoms with Crippen LogP contribution in [0.15, 0.2) is 23.1 Å². The zero-order chi connectivity index (χ0) is 20.6. The molecule has 2 rings (SSSR count). The molecule has 1 aliphatic heterocycles. The third-order valence-corrected chi connectivity index (χ3v) is 7.12. The molecule has 1 heterocycles. The molecule has 1 fully saturated rings. The maximum absolute atomic E-state index is 12.9. The average Bonchev–Trinajstić information content (AvgIpc) is 3.07. The standard InChI is InChI=1S/C18H26N2O6S/c1-12(2)18(17(22)23)8-9-20(11-18)16(21)13-6-7-14(26-5)15(10-13)27(24,25)19(3)4/h6-7,10,12H,8-9,11H2,1-5H3,(H,22,23). The van der Waals surface area contributed by atoms with Gasteiger partial charge >= 0.3 is 5.97 Å². The molecule has 0 radical (unpaired) electrons. The number of carbonyl (C=O) groups is 2. The Balaban J connectivity index is 2.40. The average molecular weight is 398 g/mol. The Labute approximate surface area is 159 Å². The number of nitrogens with zero attached hydrogens (tertiary/aromatic N) is 2. The van der Waals surface area contributed by atoms with Crippen LogP contribution in [0.25, 0.3) is 0 Å². The molecule has 1 amide bonds. The molecule has 1 N–H and O–H groups in total. The Morgan fingerprint density at radius 1 is 1.30 bits per heavy atom. The first-order valence-electron chi connectivity index (χ1n) is 8.60. The van der Waals surface area contributed by atoms with Crippen molar-refractivity contribution in [1.29, 1.82) is 0 Å². The van der Waals surface area contributed by atoms with Crippen molar-refractivity contribution in [3.05, 3.63) is 23.8 Å². The van der Waals surface area contributed by atoms with Crippen molar-refractivity contribution in [2.45, 2.75) is 25.2 Å². The van der Waals surface area contributed by atoms with Gasteiger partial charge in [-0.1, -0.05) is 13.8 Å². The lowest BCUT2D eigenvalue weighted by Gasteiger charge is -2.28. The molecule has 0 bridgehead atoms. The minimum absolute atomic E-state index is 0.0978. The van der Waals surface area contributed by atoms with Crippen molar-refractivity contribution in [2.24, 2.45) is 11.3 Å². The summed E-state index contributed by atoms with van der Waals surface area (Å²) in [6, 6.07) is 4.21. The van der Waals surface area contributed by atoms with E-state index >= 15 is 0 Å². The van der Waals surface area contributed by atoms with Crippen LogP contribution < -0.4 is 4.74 Å². The number of rotatable bonds is 6. The first kappa shape index (κ1) is 21.2. The molecule has 1 aromatic rings. The smallest absolute Gasteiger partial charge is 0.311 e. The summed E-state index contributed by atoms with van der Waals surface area (Å²) >= 11 is 0. The molecule has 27 heavy (non-hydrogen) atoms. The van der Waals surface area contributed by atoms with Crippen molar-refractivity contribution in [3.63, 3.8) is 0 Å². The second-order valence-electron chi connectivity index (χ2n) is 7.25. The van der Waals surface area contributed by atoms with Gasteiger partial charge in [-0.15, -0.1) is 0 Å². The van der Waals surface area contributed by atoms with Gasteiger partial charge in [0, 0.05) is 32.7 Å². The molecular weight excluding hydrogens is 372 g/mol. The molecule has 1 aliphatic rings. The molecule has 8 nitrogen and oxygen atoms in total. The van der Waals surface area contributed by atoms with Crippen LogP contribution in [0.1, 0.15) is 30.6 Å². The molecule has 9 heteroatoms. The number of benzene rings is 1. The van der Waals surface area contributed by atoms with Gasteiger partial charge in [0.25, 0.3) is 5.91 Å². The largest absolute Gasteiger partial charge is 0.495 e. The van der Waals surface area contributed by atoms with Crippen LogP contribution in [-0.2, 0) is 14.8 Å². The van der Waals surface area contributed by atoms with E-state index in [0.717, 1.165) is 4.31 Å². The van der Waals surface area contributed by atoms with Gasteiger partial charge in [0.1, 0.15) is 10.6 Å². The number of sulfonamides is 1. The molecule has 1 unspecified atom stereocenters. The molecule has 0 aliphatic carbocycles. The van der Waals surface area contributed by atoms with E-state index in [1.54, 1.807) is 0 Å². The lowest BCUT2D eigenvalue weighted by Crippen LogP contribution is -2.40. The van der Waals surface area contributed by atoms with E-state index in [9.17, 15) is 23.1 Å². The summed E-state index contributed by atoms with van der Waals surface area (Å²) in [6.07, 6.45) is 0.366. The third kappa shape index (κ3) is 3.66. The van der Waals surface area contributed by atoms with Crippen LogP contribution >= 0.6 is 0 Å². The number of amides is 1. The molecule has 1 aromatic carbocycles. The highest BCUT2D eigenvalue weighted by atomic mass is 32.2. The highest BCUT2D eigenvalue weighted by Crippen LogP contribution is 2.39. The number of hydrogen-bond acceptors (Lipinski definition) is 5. The monoisotopic (exact) mass is 398 g/mol. The highest BCUT2D eigenvalue weighted by molar-refractivity contribution is 7.89. The Bertz CT molecular complexity index is 849. The minimum atomic E-state index is -3.81. The number of carboxylic acids is 1. The lowest BCUT2D eigenvalue weighted by atomic mass is 9.76. The van der Waals surface area contributed by atoms with Crippen molar-refractivity contribution in [1.82, 2.24) is 9.21 Å². The predicted octanol–water partition coefficient (Wildman–Crippen LogP) is 1.52. The van der Waals surface area contributed by atoms with Crippen LogP contribution in [0, 0.1) is 11.3 Å². The summed E-state index contributed by atoms with van der Waals surface area (Å²) in [5, 5.41) is 9.65. The first-order chi connectivity index (χ1) is 12.5. The fraction of sp³-hybridized carbons (Fsp3) is 0.556. The van der Waals surface area contributed by atoms with E-state index in [1.165, 1.54) is 44.3 Å². The second kappa shape index (κ2) is 7.47. The van der Waals surface area contributed by atoms with Crippen molar-refractivity contribution >= 4 is 21.9 Å². The second-order valence-corrected chi connectivity index (χ2v) is 9.37. The summed E-state index contributed by atoms with van der Waals surface area (Å²) in [4.78, 5) is 26.1. The number of carboxylic acid groups (broad SMARTS) is 1. The van der Waals surface area contributed by atoms with Gasteiger partial charge < -0.3 is 14.7 Å². The van der Waals surface area contributed by atoms with E-state index in [2.05, 4.69) is 0 Å². The molecule has 0 aromatic heterocycles. The van der Waals surface area contributed by atoms with Crippen LogP contribution in [0.4, 0.5) is 0 Å². The van der Waals surface area contributed by atoms with Crippen LogP contribution in [0.5, 0.6) is 5.75 Å².